The lowest BCUT2D eigenvalue weighted by Gasteiger charge is -2.17. The Bertz CT molecular complexity index is 945. The number of hydrogen-bond acceptors (Lipinski definition) is 6. The molecule has 3 rings (SSSR count). The summed E-state index contributed by atoms with van der Waals surface area (Å²) in [6.45, 7) is 1.49. The third-order valence-corrected chi connectivity index (χ3v) is 4.85. The maximum atomic E-state index is 12.3. The number of esters is 1. The van der Waals surface area contributed by atoms with Gasteiger partial charge in [0.1, 0.15) is 0 Å². The molecule has 0 spiro atoms. The zero-order chi connectivity index (χ0) is 21.7. The molecule has 1 fully saturated rings. The molecule has 1 N–H and O–H groups in total. The standard InChI is InChI=1S/C21H21N3O6/c1-14(15-5-3-2-4-6-15)22-19(25)13-30-21(27)16-11-20(26)23(12-16)17-7-9-18(10-8-17)24(28)29/h2-10,14,16H,11-13H2,1H3,(H,22,25)/t14-,16-/m0/s1. The lowest BCUT2D eigenvalue weighted by Crippen LogP contribution is -2.32. The van der Waals surface area contributed by atoms with Crippen LogP contribution in [-0.2, 0) is 19.1 Å². The Hall–Kier alpha value is -3.75. The van der Waals surface area contributed by atoms with Crippen LogP contribution in [0.15, 0.2) is 54.6 Å². The Morgan fingerprint density at radius 1 is 1.20 bits per heavy atom. The zero-order valence-corrected chi connectivity index (χ0v) is 16.3. The predicted molar refractivity (Wildman–Crippen MR) is 108 cm³/mol. The fraction of sp³-hybridized carbons (Fsp3) is 0.286. The molecule has 30 heavy (non-hydrogen) atoms. The normalized spacial score (nSPS) is 16.8. The topological polar surface area (TPSA) is 119 Å². The van der Waals surface area contributed by atoms with Gasteiger partial charge in [-0.25, -0.2) is 0 Å². The maximum Gasteiger partial charge on any atom is 0.311 e. The fourth-order valence-electron chi connectivity index (χ4n) is 3.23. The molecule has 0 saturated carbocycles. The number of nitro groups is 1. The summed E-state index contributed by atoms with van der Waals surface area (Å²) < 4.78 is 5.09. The van der Waals surface area contributed by atoms with Gasteiger partial charge in [-0.2, -0.15) is 0 Å². The van der Waals surface area contributed by atoms with Gasteiger partial charge in [-0.1, -0.05) is 30.3 Å². The summed E-state index contributed by atoms with van der Waals surface area (Å²) in [5.41, 5.74) is 1.31. The second-order valence-electron chi connectivity index (χ2n) is 6.99. The number of anilines is 1. The molecule has 1 saturated heterocycles. The molecule has 156 valence electrons. The molecular weight excluding hydrogens is 390 g/mol. The summed E-state index contributed by atoms with van der Waals surface area (Å²) in [5, 5.41) is 13.5. The Kier molecular flexibility index (Phi) is 6.41. The van der Waals surface area contributed by atoms with E-state index in [4.69, 9.17) is 4.74 Å². The van der Waals surface area contributed by atoms with Crippen LogP contribution in [0.5, 0.6) is 0 Å². The molecule has 0 radical (unpaired) electrons. The van der Waals surface area contributed by atoms with Crippen molar-refractivity contribution < 1.29 is 24.0 Å². The molecule has 2 aromatic rings. The van der Waals surface area contributed by atoms with Crippen molar-refractivity contribution in [3.63, 3.8) is 0 Å². The highest BCUT2D eigenvalue weighted by Gasteiger charge is 2.36. The van der Waals surface area contributed by atoms with Crippen molar-refractivity contribution in [2.45, 2.75) is 19.4 Å². The smallest absolute Gasteiger partial charge is 0.311 e. The summed E-state index contributed by atoms with van der Waals surface area (Å²) in [5.74, 6) is -2.05. The summed E-state index contributed by atoms with van der Waals surface area (Å²) in [7, 11) is 0. The number of hydrogen-bond donors (Lipinski definition) is 1. The first-order chi connectivity index (χ1) is 14.3. The van der Waals surface area contributed by atoms with E-state index in [1.165, 1.54) is 29.2 Å². The van der Waals surface area contributed by atoms with Crippen molar-refractivity contribution in [1.29, 1.82) is 0 Å². The number of carbonyl (C=O) groups is 3. The number of benzene rings is 2. The lowest BCUT2D eigenvalue weighted by atomic mass is 10.1. The van der Waals surface area contributed by atoms with Crippen molar-refractivity contribution in [2.24, 2.45) is 5.92 Å². The maximum absolute atomic E-state index is 12.3. The van der Waals surface area contributed by atoms with Crippen LogP contribution in [0, 0.1) is 16.0 Å². The van der Waals surface area contributed by atoms with Crippen LogP contribution in [0.2, 0.25) is 0 Å². The average molecular weight is 411 g/mol. The van der Waals surface area contributed by atoms with Gasteiger partial charge in [0.05, 0.1) is 16.9 Å². The first-order valence-corrected chi connectivity index (χ1v) is 9.41. The molecule has 0 unspecified atom stereocenters. The first kappa shape index (κ1) is 21.0. The van der Waals surface area contributed by atoms with Crippen LogP contribution in [-0.4, -0.2) is 35.9 Å². The highest BCUT2D eigenvalue weighted by Crippen LogP contribution is 2.27. The molecular formula is C21H21N3O6. The summed E-state index contributed by atoms with van der Waals surface area (Å²) in [4.78, 5) is 48.2. The van der Waals surface area contributed by atoms with Crippen LogP contribution in [0.1, 0.15) is 24.9 Å². The van der Waals surface area contributed by atoms with Crippen LogP contribution in [0.25, 0.3) is 0 Å². The Morgan fingerprint density at radius 3 is 2.50 bits per heavy atom. The van der Waals surface area contributed by atoms with Gasteiger partial charge in [-0.05, 0) is 24.6 Å². The highest BCUT2D eigenvalue weighted by molar-refractivity contribution is 5.99. The molecule has 9 nitrogen and oxygen atoms in total. The van der Waals surface area contributed by atoms with Gasteiger partial charge in [-0.15, -0.1) is 0 Å². The molecule has 0 aliphatic carbocycles. The Morgan fingerprint density at radius 2 is 1.87 bits per heavy atom. The van der Waals surface area contributed by atoms with Crippen LogP contribution < -0.4 is 10.2 Å². The van der Waals surface area contributed by atoms with E-state index in [-0.39, 0.29) is 30.6 Å². The molecule has 2 amide bonds. The second-order valence-corrected chi connectivity index (χ2v) is 6.99. The van der Waals surface area contributed by atoms with Crippen molar-refractivity contribution in [1.82, 2.24) is 5.32 Å². The van der Waals surface area contributed by atoms with E-state index < -0.39 is 29.3 Å². The minimum absolute atomic E-state index is 0.0438. The molecule has 1 heterocycles. The second kappa shape index (κ2) is 9.17. The predicted octanol–water partition coefficient (Wildman–Crippen LogP) is 2.37. The van der Waals surface area contributed by atoms with Gasteiger partial charge in [0.2, 0.25) is 5.91 Å². The number of amides is 2. The molecule has 0 bridgehead atoms. The minimum atomic E-state index is -0.702. The van der Waals surface area contributed by atoms with E-state index in [9.17, 15) is 24.5 Å². The zero-order valence-electron chi connectivity index (χ0n) is 16.3. The van der Waals surface area contributed by atoms with Gasteiger partial charge < -0.3 is 15.0 Å². The van der Waals surface area contributed by atoms with E-state index in [0.717, 1.165) is 5.56 Å². The Balaban J connectivity index is 1.50. The van der Waals surface area contributed by atoms with Crippen molar-refractivity contribution in [3.8, 4) is 0 Å². The van der Waals surface area contributed by atoms with Crippen molar-refractivity contribution in [2.75, 3.05) is 18.1 Å². The first-order valence-electron chi connectivity index (χ1n) is 9.41. The summed E-state index contributed by atoms with van der Waals surface area (Å²) >= 11 is 0. The highest BCUT2D eigenvalue weighted by atomic mass is 16.6. The number of non-ortho nitro benzene ring substituents is 1. The van der Waals surface area contributed by atoms with Crippen LogP contribution in [0.3, 0.4) is 0 Å². The number of rotatable bonds is 7. The van der Waals surface area contributed by atoms with Crippen LogP contribution in [0.4, 0.5) is 11.4 Å². The number of nitro benzene ring substituents is 1. The molecule has 1 aliphatic heterocycles. The van der Waals surface area contributed by atoms with Crippen molar-refractivity contribution in [3.05, 3.63) is 70.3 Å². The summed E-state index contributed by atoms with van der Waals surface area (Å²) in [6, 6.07) is 14.7. The SMILES string of the molecule is C[C@H](NC(=O)COC(=O)[C@H]1CC(=O)N(c2ccc([N+](=O)[O-])cc2)C1)c1ccccc1. The third kappa shape index (κ3) is 4.99. The monoisotopic (exact) mass is 411 g/mol. The number of nitrogens with zero attached hydrogens (tertiary/aromatic N) is 2. The van der Waals surface area contributed by atoms with E-state index in [0.29, 0.717) is 5.69 Å². The third-order valence-electron chi connectivity index (χ3n) is 4.85. The van der Waals surface area contributed by atoms with Crippen LogP contribution >= 0.6 is 0 Å². The molecule has 2 atom stereocenters. The Labute approximate surface area is 172 Å². The summed E-state index contributed by atoms with van der Waals surface area (Å²) in [6.07, 6.45) is -0.0438. The number of carbonyl (C=O) groups excluding carboxylic acids is 3. The van der Waals surface area contributed by atoms with Crippen molar-refractivity contribution >= 4 is 29.2 Å². The van der Waals surface area contributed by atoms with Gasteiger partial charge in [0, 0.05) is 30.8 Å². The van der Waals surface area contributed by atoms with E-state index in [1.54, 1.807) is 0 Å². The van der Waals surface area contributed by atoms with E-state index in [1.807, 2.05) is 37.3 Å². The molecule has 9 heteroatoms. The van der Waals surface area contributed by atoms with Gasteiger partial charge in [0.25, 0.3) is 11.6 Å². The fourth-order valence-corrected chi connectivity index (χ4v) is 3.23. The largest absolute Gasteiger partial charge is 0.455 e. The number of nitrogens with one attached hydrogen (secondary N) is 1. The van der Waals surface area contributed by atoms with Gasteiger partial charge >= 0.3 is 5.97 Å². The average Bonchev–Trinajstić information content (AvgIpc) is 3.14. The molecule has 2 aromatic carbocycles. The van der Waals surface area contributed by atoms with Gasteiger partial charge in [0.15, 0.2) is 6.61 Å². The molecule has 1 aliphatic rings. The molecule has 0 aromatic heterocycles. The lowest BCUT2D eigenvalue weighted by molar-refractivity contribution is -0.384. The quantitative estimate of drug-likeness (QED) is 0.424. The van der Waals surface area contributed by atoms with E-state index in [2.05, 4.69) is 5.32 Å². The number of ether oxygens (including phenoxy) is 1. The minimum Gasteiger partial charge on any atom is -0.455 e. The van der Waals surface area contributed by atoms with Gasteiger partial charge in [-0.3, -0.25) is 24.5 Å². The van der Waals surface area contributed by atoms with E-state index >= 15 is 0 Å².